The molecule has 1 saturated heterocycles. The Labute approximate surface area is 127 Å². The highest BCUT2D eigenvalue weighted by molar-refractivity contribution is 5.27. The van der Waals surface area contributed by atoms with E-state index in [-0.39, 0.29) is 0 Å². The number of hydrogen-bond donors (Lipinski definition) is 1. The Hall–Kier alpha value is -1.10. The SMILES string of the molecule is CC(C)NCc1ccc(OCCOCC2CCOC2)cc1. The monoisotopic (exact) mass is 293 g/mol. The molecule has 0 bridgehead atoms. The molecule has 1 aromatic carbocycles. The molecule has 118 valence electrons. The van der Waals surface area contributed by atoms with E-state index in [1.54, 1.807) is 0 Å². The van der Waals surface area contributed by atoms with E-state index in [1.807, 2.05) is 12.1 Å². The molecule has 0 spiro atoms. The molecule has 0 aromatic heterocycles. The third-order valence-corrected chi connectivity index (χ3v) is 3.51. The van der Waals surface area contributed by atoms with Gasteiger partial charge in [-0.25, -0.2) is 0 Å². The number of hydrogen-bond acceptors (Lipinski definition) is 4. The smallest absolute Gasteiger partial charge is 0.119 e. The minimum absolute atomic E-state index is 0.503. The molecule has 21 heavy (non-hydrogen) atoms. The summed E-state index contributed by atoms with van der Waals surface area (Å²) in [5, 5.41) is 3.40. The molecule has 1 atom stereocenters. The molecule has 1 aliphatic rings. The van der Waals surface area contributed by atoms with Crippen LogP contribution in [-0.4, -0.2) is 39.1 Å². The Bertz CT molecular complexity index is 386. The highest BCUT2D eigenvalue weighted by atomic mass is 16.5. The predicted molar refractivity (Wildman–Crippen MR) is 83.7 cm³/mol. The van der Waals surface area contributed by atoms with Gasteiger partial charge >= 0.3 is 0 Å². The molecular formula is C17H27NO3. The maximum atomic E-state index is 5.67. The molecule has 0 radical (unpaired) electrons. The van der Waals surface area contributed by atoms with Crippen LogP contribution >= 0.6 is 0 Å². The molecule has 1 N–H and O–H groups in total. The van der Waals surface area contributed by atoms with Gasteiger partial charge in [0.05, 0.1) is 19.8 Å². The van der Waals surface area contributed by atoms with Crippen molar-refractivity contribution in [2.24, 2.45) is 5.92 Å². The first-order valence-corrected chi connectivity index (χ1v) is 7.84. The lowest BCUT2D eigenvalue weighted by Gasteiger charge is -2.11. The fourth-order valence-electron chi connectivity index (χ4n) is 2.21. The Morgan fingerprint density at radius 1 is 1.24 bits per heavy atom. The molecular weight excluding hydrogens is 266 g/mol. The van der Waals surface area contributed by atoms with Crippen molar-refractivity contribution in [1.29, 1.82) is 0 Å². The van der Waals surface area contributed by atoms with Crippen LogP contribution in [0, 0.1) is 5.92 Å². The quantitative estimate of drug-likeness (QED) is 0.711. The van der Waals surface area contributed by atoms with Crippen LogP contribution in [0.2, 0.25) is 0 Å². The van der Waals surface area contributed by atoms with Gasteiger partial charge < -0.3 is 19.5 Å². The molecule has 1 heterocycles. The first-order chi connectivity index (χ1) is 10.2. The minimum atomic E-state index is 0.503. The third kappa shape index (κ3) is 6.46. The van der Waals surface area contributed by atoms with E-state index in [4.69, 9.17) is 14.2 Å². The van der Waals surface area contributed by atoms with Gasteiger partial charge in [-0.05, 0) is 24.1 Å². The second-order valence-electron chi connectivity index (χ2n) is 5.83. The zero-order valence-corrected chi connectivity index (χ0v) is 13.1. The van der Waals surface area contributed by atoms with Crippen LogP contribution in [0.3, 0.4) is 0 Å². The first kappa shape index (κ1) is 16.3. The Balaban J connectivity index is 1.57. The molecule has 0 aliphatic carbocycles. The lowest BCUT2D eigenvalue weighted by molar-refractivity contribution is 0.0684. The van der Waals surface area contributed by atoms with E-state index in [2.05, 4.69) is 31.3 Å². The van der Waals surface area contributed by atoms with Crippen molar-refractivity contribution in [3.8, 4) is 5.75 Å². The molecule has 1 fully saturated rings. The van der Waals surface area contributed by atoms with Gasteiger partial charge in [0.1, 0.15) is 12.4 Å². The van der Waals surface area contributed by atoms with Crippen molar-refractivity contribution < 1.29 is 14.2 Å². The second-order valence-corrected chi connectivity index (χ2v) is 5.83. The average Bonchev–Trinajstić information content (AvgIpc) is 2.99. The lowest BCUT2D eigenvalue weighted by Crippen LogP contribution is -2.21. The van der Waals surface area contributed by atoms with Gasteiger partial charge in [-0.1, -0.05) is 26.0 Å². The summed E-state index contributed by atoms with van der Waals surface area (Å²) < 4.78 is 16.6. The van der Waals surface area contributed by atoms with Gasteiger partial charge in [0.15, 0.2) is 0 Å². The molecule has 1 unspecified atom stereocenters. The fraction of sp³-hybridized carbons (Fsp3) is 0.647. The van der Waals surface area contributed by atoms with Crippen molar-refractivity contribution in [1.82, 2.24) is 5.32 Å². The van der Waals surface area contributed by atoms with Crippen LogP contribution in [0.1, 0.15) is 25.8 Å². The Morgan fingerprint density at radius 2 is 2.05 bits per heavy atom. The molecule has 2 rings (SSSR count). The van der Waals surface area contributed by atoms with Gasteiger partial charge in [-0.3, -0.25) is 0 Å². The van der Waals surface area contributed by atoms with E-state index in [0.717, 1.165) is 38.5 Å². The predicted octanol–water partition coefficient (Wildman–Crippen LogP) is 2.62. The van der Waals surface area contributed by atoms with Crippen LogP contribution in [0.4, 0.5) is 0 Å². The normalized spacial score (nSPS) is 18.3. The maximum Gasteiger partial charge on any atom is 0.119 e. The highest BCUT2D eigenvalue weighted by Crippen LogP contribution is 2.13. The van der Waals surface area contributed by atoms with Gasteiger partial charge in [-0.2, -0.15) is 0 Å². The largest absolute Gasteiger partial charge is 0.491 e. The van der Waals surface area contributed by atoms with E-state index in [0.29, 0.717) is 25.2 Å². The summed E-state index contributed by atoms with van der Waals surface area (Å²) in [6.07, 6.45) is 1.12. The summed E-state index contributed by atoms with van der Waals surface area (Å²) in [6.45, 7) is 8.91. The number of benzene rings is 1. The van der Waals surface area contributed by atoms with Crippen molar-refractivity contribution in [3.63, 3.8) is 0 Å². The summed E-state index contributed by atoms with van der Waals surface area (Å²) >= 11 is 0. The van der Waals surface area contributed by atoms with Crippen LogP contribution < -0.4 is 10.1 Å². The standard InChI is InChI=1S/C17H27NO3/c1-14(2)18-11-15-3-5-17(6-4-15)21-10-9-20-13-16-7-8-19-12-16/h3-6,14,16,18H,7-13H2,1-2H3. The maximum absolute atomic E-state index is 5.67. The summed E-state index contributed by atoms with van der Waals surface area (Å²) in [4.78, 5) is 0. The van der Waals surface area contributed by atoms with Gasteiger partial charge in [0, 0.05) is 25.1 Å². The third-order valence-electron chi connectivity index (χ3n) is 3.51. The average molecular weight is 293 g/mol. The molecule has 4 nitrogen and oxygen atoms in total. The zero-order chi connectivity index (χ0) is 14.9. The van der Waals surface area contributed by atoms with Crippen molar-refractivity contribution in [2.75, 3.05) is 33.0 Å². The van der Waals surface area contributed by atoms with Crippen LogP contribution in [0.15, 0.2) is 24.3 Å². The number of ether oxygens (including phenoxy) is 3. The summed E-state index contributed by atoms with van der Waals surface area (Å²) in [5.41, 5.74) is 1.27. The highest BCUT2D eigenvalue weighted by Gasteiger charge is 2.15. The van der Waals surface area contributed by atoms with Crippen molar-refractivity contribution in [3.05, 3.63) is 29.8 Å². The number of nitrogens with one attached hydrogen (secondary N) is 1. The summed E-state index contributed by atoms with van der Waals surface area (Å²) in [7, 11) is 0. The van der Waals surface area contributed by atoms with Crippen LogP contribution in [0.25, 0.3) is 0 Å². The second kappa shape index (κ2) is 9.03. The minimum Gasteiger partial charge on any atom is -0.491 e. The van der Waals surface area contributed by atoms with Crippen LogP contribution in [-0.2, 0) is 16.0 Å². The summed E-state index contributed by atoms with van der Waals surface area (Å²) in [5.74, 6) is 1.47. The molecule has 0 amide bonds. The molecule has 4 heteroatoms. The van der Waals surface area contributed by atoms with E-state index in [9.17, 15) is 0 Å². The van der Waals surface area contributed by atoms with E-state index >= 15 is 0 Å². The van der Waals surface area contributed by atoms with E-state index < -0.39 is 0 Å². The molecule has 1 aliphatic heterocycles. The molecule has 0 saturated carbocycles. The lowest BCUT2D eigenvalue weighted by atomic mass is 10.1. The fourth-order valence-corrected chi connectivity index (χ4v) is 2.21. The van der Waals surface area contributed by atoms with Gasteiger partial charge in [0.2, 0.25) is 0 Å². The Kier molecular flexibility index (Phi) is 7.00. The Morgan fingerprint density at radius 3 is 2.71 bits per heavy atom. The van der Waals surface area contributed by atoms with Crippen LogP contribution in [0.5, 0.6) is 5.75 Å². The molecule has 1 aromatic rings. The van der Waals surface area contributed by atoms with E-state index in [1.165, 1.54) is 5.56 Å². The van der Waals surface area contributed by atoms with Gasteiger partial charge in [-0.15, -0.1) is 0 Å². The topological polar surface area (TPSA) is 39.7 Å². The number of rotatable bonds is 9. The zero-order valence-electron chi connectivity index (χ0n) is 13.1. The summed E-state index contributed by atoms with van der Waals surface area (Å²) in [6, 6.07) is 8.73. The van der Waals surface area contributed by atoms with Crippen molar-refractivity contribution in [2.45, 2.75) is 32.9 Å². The first-order valence-electron chi connectivity index (χ1n) is 7.84. The van der Waals surface area contributed by atoms with Crippen molar-refractivity contribution >= 4 is 0 Å². The van der Waals surface area contributed by atoms with Gasteiger partial charge in [0.25, 0.3) is 0 Å².